The van der Waals surface area contributed by atoms with Crippen molar-refractivity contribution in [1.29, 1.82) is 0 Å². The van der Waals surface area contributed by atoms with Crippen molar-refractivity contribution in [2.24, 2.45) is 0 Å². The number of nitrogens with one attached hydrogen (secondary N) is 1. The number of thioether (sulfide) groups is 2. The van der Waals surface area contributed by atoms with Gasteiger partial charge in [0.05, 0.1) is 31.6 Å². The van der Waals surface area contributed by atoms with Crippen molar-refractivity contribution < 1.29 is 23.7 Å². The van der Waals surface area contributed by atoms with Gasteiger partial charge in [0.15, 0.2) is 18.1 Å². The molecule has 0 saturated carbocycles. The fourth-order valence-corrected chi connectivity index (χ4v) is 5.58. The van der Waals surface area contributed by atoms with Gasteiger partial charge in [-0.15, -0.1) is 23.5 Å². The molecule has 1 saturated heterocycles. The number of hydrogen-bond donors (Lipinski definition) is 1. The van der Waals surface area contributed by atoms with E-state index in [1.807, 2.05) is 41.7 Å². The van der Waals surface area contributed by atoms with Crippen LogP contribution in [-0.2, 0) is 4.79 Å². The lowest BCUT2D eigenvalue weighted by atomic mass is 10.2. The predicted octanol–water partition coefficient (Wildman–Crippen LogP) is 4.21. The summed E-state index contributed by atoms with van der Waals surface area (Å²) in [5.74, 6) is 4.33. The van der Waals surface area contributed by atoms with E-state index in [4.69, 9.17) is 18.9 Å². The van der Waals surface area contributed by atoms with Crippen LogP contribution in [0.4, 0.5) is 5.69 Å². The van der Waals surface area contributed by atoms with Crippen molar-refractivity contribution in [1.82, 2.24) is 0 Å². The van der Waals surface area contributed by atoms with E-state index in [2.05, 4.69) is 5.32 Å². The highest BCUT2D eigenvalue weighted by atomic mass is 32.2. The zero-order chi connectivity index (χ0) is 19.9. The highest BCUT2D eigenvalue weighted by Crippen LogP contribution is 2.46. The molecule has 1 amide bonds. The van der Waals surface area contributed by atoms with E-state index >= 15 is 0 Å². The Morgan fingerprint density at radius 1 is 0.964 bits per heavy atom. The zero-order valence-electron chi connectivity index (χ0n) is 16.0. The first-order valence-corrected chi connectivity index (χ1v) is 10.8. The molecule has 2 aromatic carbocycles. The van der Waals surface area contributed by atoms with Crippen LogP contribution in [0.2, 0.25) is 0 Å². The molecule has 2 aromatic rings. The summed E-state index contributed by atoms with van der Waals surface area (Å²) in [6.45, 7) is -0.150. The van der Waals surface area contributed by atoms with Gasteiger partial charge in [-0.05, 0) is 29.8 Å². The normalized spacial score (nSPS) is 13.8. The molecule has 1 heterocycles. The number of ether oxygens (including phenoxy) is 4. The van der Waals surface area contributed by atoms with Gasteiger partial charge in [-0.25, -0.2) is 0 Å². The Kier molecular flexibility index (Phi) is 7.22. The summed E-state index contributed by atoms with van der Waals surface area (Å²) in [7, 11) is 4.71. The number of amides is 1. The van der Waals surface area contributed by atoms with Gasteiger partial charge in [0.25, 0.3) is 5.91 Å². The van der Waals surface area contributed by atoms with Gasteiger partial charge in [0, 0.05) is 17.6 Å². The molecule has 1 aliphatic heterocycles. The molecule has 0 aliphatic carbocycles. The average molecular weight is 422 g/mol. The maximum absolute atomic E-state index is 12.3. The molecule has 150 valence electrons. The molecule has 0 spiro atoms. The Bertz CT molecular complexity index is 824. The van der Waals surface area contributed by atoms with E-state index in [1.165, 1.54) is 5.56 Å². The average Bonchev–Trinajstić information content (AvgIpc) is 3.27. The van der Waals surface area contributed by atoms with E-state index in [0.29, 0.717) is 33.3 Å². The van der Waals surface area contributed by atoms with Crippen LogP contribution in [0.15, 0.2) is 36.4 Å². The minimum absolute atomic E-state index is 0.150. The van der Waals surface area contributed by atoms with Gasteiger partial charge in [-0.3, -0.25) is 4.79 Å². The summed E-state index contributed by atoms with van der Waals surface area (Å²) in [5, 5.41) is 2.78. The fourth-order valence-electron chi connectivity index (χ4n) is 2.74. The van der Waals surface area contributed by atoms with Crippen LogP contribution in [0, 0.1) is 0 Å². The molecule has 0 radical (unpaired) electrons. The van der Waals surface area contributed by atoms with Crippen LogP contribution >= 0.6 is 23.5 Å². The van der Waals surface area contributed by atoms with E-state index in [-0.39, 0.29) is 12.5 Å². The van der Waals surface area contributed by atoms with Crippen molar-refractivity contribution in [3.63, 3.8) is 0 Å². The van der Waals surface area contributed by atoms with Gasteiger partial charge in [0.2, 0.25) is 0 Å². The van der Waals surface area contributed by atoms with Crippen LogP contribution in [0.3, 0.4) is 0 Å². The molecule has 8 heteroatoms. The smallest absolute Gasteiger partial charge is 0.262 e. The number of carbonyl (C=O) groups is 1. The van der Waals surface area contributed by atoms with E-state index < -0.39 is 0 Å². The molecule has 3 rings (SSSR count). The molecule has 6 nitrogen and oxygen atoms in total. The minimum atomic E-state index is -0.306. The van der Waals surface area contributed by atoms with Crippen LogP contribution < -0.4 is 24.3 Å². The summed E-state index contributed by atoms with van der Waals surface area (Å²) in [5.41, 5.74) is 1.72. The summed E-state index contributed by atoms with van der Waals surface area (Å²) < 4.78 is 22.0. The highest BCUT2D eigenvalue weighted by molar-refractivity contribution is 8.19. The lowest BCUT2D eigenvalue weighted by Crippen LogP contribution is -2.20. The number of methoxy groups -OCH3 is 3. The molecule has 0 bridgehead atoms. The second-order valence-corrected chi connectivity index (χ2v) is 8.61. The van der Waals surface area contributed by atoms with Crippen LogP contribution in [-0.4, -0.2) is 45.3 Å². The fraction of sp³-hybridized carbons (Fsp3) is 0.350. The van der Waals surface area contributed by atoms with Gasteiger partial charge in [-0.2, -0.15) is 0 Å². The van der Waals surface area contributed by atoms with Gasteiger partial charge in [0.1, 0.15) is 11.5 Å². The molecule has 1 N–H and O–H groups in total. The molecule has 0 aromatic heterocycles. The van der Waals surface area contributed by atoms with Crippen molar-refractivity contribution in [3.8, 4) is 23.0 Å². The lowest BCUT2D eigenvalue weighted by Gasteiger charge is -2.15. The van der Waals surface area contributed by atoms with Crippen LogP contribution in [0.5, 0.6) is 23.0 Å². The monoisotopic (exact) mass is 421 g/mol. The van der Waals surface area contributed by atoms with E-state index in [9.17, 15) is 4.79 Å². The maximum Gasteiger partial charge on any atom is 0.262 e. The number of anilines is 1. The lowest BCUT2D eigenvalue weighted by molar-refractivity contribution is -0.118. The van der Waals surface area contributed by atoms with Gasteiger partial charge < -0.3 is 24.3 Å². The number of hydrogen-bond acceptors (Lipinski definition) is 7. The van der Waals surface area contributed by atoms with Gasteiger partial charge >= 0.3 is 0 Å². The second kappa shape index (κ2) is 9.84. The Morgan fingerprint density at radius 2 is 1.68 bits per heavy atom. The van der Waals surface area contributed by atoms with Crippen molar-refractivity contribution in [2.45, 2.75) is 4.58 Å². The maximum atomic E-state index is 12.3. The van der Waals surface area contributed by atoms with Gasteiger partial charge in [-0.1, -0.05) is 6.07 Å². The first-order valence-electron chi connectivity index (χ1n) is 8.70. The van der Waals surface area contributed by atoms with E-state index in [1.54, 1.807) is 39.5 Å². The third-order valence-corrected chi connectivity index (χ3v) is 7.23. The standard InChI is InChI=1S/C20H23NO5S2/c1-23-14-5-7-16(24-2)15(11-14)21-19(22)12-26-17-6-4-13(10-18(17)25-3)20-27-8-9-28-20/h4-7,10-11,20H,8-9,12H2,1-3H3,(H,21,22). The number of rotatable bonds is 8. The van der Waals surface area contributed by atoms with E-state index in [0.717, 1.165) is 11.5 Å². The molecule has 28 heavy (non-hydrogen) atoms. The predicted molar refractivity (Wildman–Crippen MR) is 114 cm³/mol. The largest absolute Gasteiger partial charge is 0.497 e. The quantitative estimate of drug-likeness (QED) is 0.685. The number of benzene rings is 2. The third-order valence-electron chi connectivity index (χ3n) is 4.12. The van der Waals surface area contributed by atoms with Crippen LogP contribution in [0.25, 0.3) is 0 Å². The Labute approximate surface area is 173 Å². The Hall–Kier alpha value is -2.19. The number of carbonyl (C=O) groups excluding carboxylic acids is 1. The first-order chi connectivity index (χ1) is 13.6. The summed E-state index contributed by atoms with van der Waals surface area (Å²) in [6, 6.07) is 11.1. The molecule has 0 atom stereocenters. The Balaban J connectivity index is 1.64. The minimum Gasteiger partial charge on any atom is -0.497 e. The summed E-state index contributed by atoms with van der Waals surface area (Å²) in [4.78, 5) is 12.3. The zero-order valence-corrected chi connectivity index (χ0v) is 17.7. The topological polar surface area (TPSA) is 66.0 Å². The molecule has 1 aliphatic rings. The Morgan fingerprint density at radius 3 is 2.36 bits per heavy atom. The second-order valence-electron chi connectivity index (χ2n) is 5.89. The third kappa shape index (κ3) is 4.99. The highest BCUT2D eigenvalue weighted by Gasteiger charge is 2.20. The SMILES string of the molecule is COc1ccc(OC)c(NC(=O)COc2ccc(C3SCCS3)cc2OC)c1. The van der Waals surface area contributed by atoms with Crippen LogP contribution in [0.1, 0.15) is 10.1 Å². The molecule has 1 fully saturated rings. The molecule has 0 unspecified atom stereocenters. The van der Waals surface area contributed by atoms with Crippen molar-refractivity contribution in [3.05, 3.63) is 42.0 Å². The van der Waals surface area contributed by atoms with Crippen molar-refractivity contribution in [2.75, 3.05) is 44.8 Å². The van der Waals surface area contributed by atoms with Crippen molar-refractivity contribution >= 4 is 35.1 Å². The molecular weight excluding hydrogens is 398 g/mol. The molecular formula is C20H23NO5S2. The summed E-state index contributed by atoms with van der Waals surface area (Å²) >= 11 is 3.85. The first kappa shape index (κ1) is 20.5. The summed E-state index contributed by atoms with van der Waals surface area (Å²) in [6.07, 6.45) is 0.